The Kier molecular flexibility index (Phi) is 5.68. The molecule has 0 bridgehead atoms. The minimum atomic E-state index is 0.543. The van der Waals surface area contributed by atoms with Gasteiger partial charge in [-0.2, -0.15) is 0 Å². The van der Waals surface area contributed by atoms with Gasteiger partial charge in [-0.15, -0.1) is 0 Å². The van der Waals surface area contributed by atoms with Crippen molar-refractivity contribution in [2.24, 2.45) is 0 Å². The van der Waals surface area contributed by atoms with Gasteiger partial charge in [-0.1, -0.05) is 29.8 Å². The average Bonchev–Trinajstić information content (AvgIpc) is 3.12. The molecule has 1 aliphatic carbocycles. The van der Waals surface area contributed by atoms with Crippen molar-refractivity contribution < 1.29 is 9.47 Å². The maximum Gasteiger partial charge on any atom is 0.164 e. The third-order valence-corrected chi connectivity index (χ3v) is 5.18. The van der Waals surface area contributed by atoms with Crippen molar-refractivity contribution in [3.8, 4) is 11.5 Å². The monoisotopic (exact) mass is 394 g/mol. The zero-order chi connectivity index (χ0) is 19.3. The Morgan fingerprint density at radius 2 is 2.00 bits per heavy atom. The normalized spacial score (nSPS) is 13.9. The summed E-state index contributed by atoms with van der Waals surface area (Å²) in [5, 5.41) is 2.03. The maximum absolute atomic E-state index is 6.13. The fourth-order valence-corrected chi connectivity index (χ4v) is 3.59. The van der Waals surface area contributed by atoms with Gasteiger partial charge in [0.15, 0.2) is 11.5 Å². The molecule has 0 saturated heterocycles. The number of H-pyrrole nitrogens is 1. The van der Waals surface area contributed by atoms with E-state index in [9.17, 15) is 0 Å². The van der Waals surface area contributed by atoms with Crippen molar-refractivity contribution in [2.45, 2.75) is 26.2 Å². The van der Waals surface area contributed by atoms with Crippen LogP contribution in [0.1, 0.15) is 30.9 Å². The quantitative estimate of drug-likeness (QED) is 0.553. The molecule has 0 amide bonds. The highest BCUT2D eigenvalue weighted by atomic mass is 35.5. The molecular formula is C23H23ClN2O2. The van der Waals surface area contributed by atoms with E-state index in [1.54, 1.807) is 6.20 Å². The van der Waals surface area contributed by atoms with Gasteiger partial charge in [0.2, 0.25) is 0 Å². The van der Waals surface area contributed by atoms with E-state index in [-0.39, 0.29) is 0 Å². The van der Waals surface area contributed by atoms with Crippen molar-refractivity contribution in [3.05, 3.63) is 76.6 Å². The fourth-order valence-electron chi connectivity index (χ4n) is 3.43. The molecule has 0 saturated carbocycles. The van der Waals surface area contributed by atoms with Crippen LogP contribution in [0.25, 0.3) is 11.0 Å². The van der Waals surface area contributed by atoms with Gasteiger partial charge < -0.3 is 14.5 Å². The first kappa shape index (κ1) is 18.6. The molecule has 3 aromatic rings. The van der Waals surface area contributed by atoms with E-state index in [1.807, 2.05) is 37.4 Å². The van der Waals surface area contributed by atoms with Crippen molar-refractivity contribution in [3.63, 3.8) is 0 Å². The minimum absolute atomic E-state index is 0.543. The number of nitrogens with zero attached hydrogens (tertiary/aromatic N) is 1. The van der Waals surface area contributed by atoms with Crippen LogP contribution in [0.5, 0.6) is 11.5 Å². The summed E-state index contributed by atoms with van der Waals surface area (Å²) in [5.41, 5.74) is 4.43. The van der Waals surface area contributed by atoms with Crippen LogP contribution in [-0.2, 0) is 6.42 Å². The van der Waals surface area contributed by atoms with Crippen LogP contribution in [0.4, 0.5) is 0 Å². The van der Waals surface area contributed by atoms with Gasteiger partial charge in [-0.25, -0.2) is 4.98 Å². The van der Waals surface area contributed by atoms with Crippen molar-refractivity contribution in [1.82, 2.24) is 9.97 Å². The van der Waals surface area contributed by atoms with Crippen molar-refractivity contribution >= 4 is 22.6 Å². The van der Waals surface area contributed by atoms with Gasteiger partial charge in [-0.05, 0) is 55.2 Å². The number of ether oxygens (including phenoxy) is 2. The molecule has 2 aromatic heterocycles. The first-order valence-corrected chi connectivity index (χ1v) is 9.95. The Balaban J connectivity index is 1.58. The average molecular weight is 395 g/mol. The van der Waals surface area contributed by atoms with Crippen LogP contribution < -0.4 is 9.47 Å². The number of hydrogen-bond acceptors (Lipinski definition) is 3. The van der Waals surface area contributed by atoms with Crippen LogP contribution in [0, 0.1) is 0 Å². The van der Waals surface area contributed by atoms with Crippen LogP contribution in [0.2, 0.25) is 0 Å². The van der Waals surface area contributed by atoms with E-state index in [4.69, 9.17) is 21.1 Å². The summed E-state index contributed by atoms with van der Waals surface area (Å²) in [6.45, 7) is 3.12. The Labute approximate surface area is 169 Å². The molecule has 5 heteroatoms. The lowest BCUT2D eigenvalue weighted by Crippen LogP contribution is -2.06. The number of fused-ring (bicyclic) bond motifs is 1. The molecule has 2 heterocycles. The van der Waals surface area contributed by atoms with Gasteiger partial charge in [-0.3, -0.25) is 0 Å². The maximum atomic E-state index is 6.13. The molecular weight excluding hydrogens is 372 g/mol. The summed E-state index contributed by atoms with van der Waals surface area (Å²) in [5.74, 6) is 1.59. The van der Waals surface area contributed by atoms with Crippen LogP contribution in [0.3, 0.4) is 0 Å². The topological polar surface area (TPSA) is 47.1 Å². The number of benzene rings is 1. The van der Waals surface area contributed by atoms with E-state index >= 15 is 0 Å². The zero-order valence-electron chi connectivity index (χ0n) is 15.9. The zero-order valence-corrected chi connectivity index (χ0v) is 16.6. The van der Waals surface area contributed by atoms with Crippen LogP contribution >= 0.6 is 11.6 Å². The lowest BCUT2D eigenvalue weighted by Gasteiger charge is -2.17. The number of hydrogen-bond donors (Lipinski definition) is 1. The lowest BCUT2D eigenvalue weighted by atomic mass is 10.0. The fraction of sp³-hybridized carbons (Fsp3) is 0.261. The van der Waals surface area contributed by atoms with E-state index < -0.39 is 0 Å². The molecule has 0 radical (unpaired) electrons. The summed E-state index contributed by atoms with van der Waals surface area (Å²) in [7, 11) is 0. The molecule has 1 aromatic carbocycles. The van der Waals surface area contributed by atoms with E-state index in [0.29, 0.717) is 13.2 Å². The smallest absolute Gasteiger partial charge is 0.164 e. The second-order valence-corrected chi connectivity index (χ2v) is 7.28. The molecule has 0 aliphatic heterocycles. The highest BCUT2D eigenvalue weighted by molar-refractivity contribution is 6.29. The largest absolute Gasteiger partial charge is 0.490 e. The molecule has 0 fully saturated rings. The lowest BCUT2D eigenvalue weighted by molar-refractivity contribution is 0.289. The molecule has 1 aliphatic rings. The number of allylic oxidation sites excluding steroid dienone is 3. The van der Waals surface area contributed by atoms with E-state index in [1.165, 1.54) is 11.1 Å². The Bertz CT molecular complexity index is 1040. The number of rotatable bonds is 7. The first-order chi connectivity index (χ1) is 13.7. The van der Waals surface area contributed by atoms with E-state index in [2.05, 4.69) is 28.2 Å². The standard InChI is InChI=1S/C23H23ClN2O2/c1-2-27-22-17(13-18-14-26-23-20(18)6-4-12-25-23)5-3-7-21(22)28-15-16-8-10-19(24)11-9-16/h3-8,10,12,14H,2,9,11,13,15H2,1H3,(H,25,26). The SMILES string of the molecule is CCOc1c(Cc2c[nH]c3ncccc23)cccc1OCC1=CC=C(Cl)CC1. The summed E-state index contributed by atoms with van der Waals surface area (Å²) in [6, 6.07) is 10.1. The summed E-state index contributed by atoms with van der Waals surface area (Å²) < 4.78 is 12.1. The number of pyridine rings is 1. The summed E-state index contributed by atoms with van der Waals surface area (Å²) in [4.78, 5) is 7.61. The Hall–Kier alpha value is -2.72. The number of nitrogens with one attached hydrogen (secondary N) is 1. The molecule has 4 rings (SSSR count). The predicted molar refractivity (Wildman–Crippen MR) is 113 cm³/mol. The number of para-hydroxylation sites is 1. The van der Waals surface area contributed by atoms with Crippen molar-refractivity contribution in [2.75, 3.05) is 13.2 Å². The highest BCUT2D eigenvalue weighted by Gasteiger charge is 2.15. The molecule has 0 unspecified atom stereocenters. The Morgan fingerprint density at radius 3 is 2.82 bits per heavy atom. The third-order valence-electron chi connectivity index (χ3n) is 4.86. The second-order valence-electron chi connectivity index (χ2n) is 6.79. The number of aromatic amines is 1. The van der Waals surface area contributed by atoms with Crippen LogP contribution in [0.15, 0.2) is 65.5 Å². The highest BCUT2D eigenvalue weighted by Crippen LogP contribution is 2.34. The molecule has 0 spiro atoms. The minimum Gasteiger partial charge on any atom is -0.490 e. The van der Waals surface area contributed by atoms with Gasteiger partial charge >= 0.3 is 0 Å². The predicted octanol–water partition coefficient (Wildman–Crippen LogP) is 5.77. The number of halogens is 1. The van der Waals surface area contributed by atoms with Gasteiger partial charge in [0.25, 0.3) is 0 Å². The summed E-state index contributed by atoms with van der Waals surface area (Å²) in [6.07, 6.45) is 10.4. The first-order valence-electron chi connectivity index (χ1n) is 9.57. The Morgan fingerprint density at radius 1 is 1.07 bits per heavy atom. The third kappa shape index (κ3) is 4.07. The second kappa shape index (κ2) is 8.53. The number of aromatic nitrogens is 2. The van der Waals surface area contributed by atoms with Crippen molar-refractivity contribution in [1.29, 1.82) is 0 Å². The molecule has 0 atom stereocenters. The van der Waals surface area contributed by atoms with Crippen LogP contribution in [-0.4, -0.2) is 23.2 Å². The molecule has 144 valence electrons. The van der Waals surface area contributed by atoms with E-state index in [0.717, 1.165) is 52.4 Å². The van der Waals surface area contributed by atoms with Gasteiger partial charge in [0.05, 0.1) is 6.61 Å². The molecule has 4 nitrogen and oxygen atoms in total. The van der Waals surface area contributed by atoms with Gasteiger partial charge in [0.1, 0.15) is 12.3 Å². The molecule has 1 N–H and O–H groups in total. The molecule has 28 heavy (non-hydrogen) atoms. The summed E-state index contributed by atoms with van der Waals surface area (Å²) >= 11 is 6.04. The van der Waals surface area contributed by atoms with Gasteiger partial charge in [0, 0.05) is 34.8 Å².